The van der Waals surface area contributed by atoms with Crippen LogP contribution in [0.1, 0.15) is 36.8 Å². The molecule has 2 N–H and O–H groups in total. The molecule has 7 nitrogen and oxygen atoms in total. The zero-order valence-electron chi connectivity index (χ0n) is 15.1. The molecule has 0 radical (unpaired) electrons. The highest BCUT2D eigenvalue weighted by molar-refractivity contribution is 9.10. The number of hydrogen-bond donors (Lipinski definition) is 2. The van der Waals surface area contributed by atoms with Crippen LogP contribution in [0.2, 0.25) is 0 Å². The SMILES string of the molecule is CC(NC(=O)c1ccc2nc(-c3cccc(C#N)c3)c(Br)n2n1)C(C)(C)O. The van der Waals surface area contributed by atoms with E-state index in [2.05, 4.69) is 37.4 Å². The van der Waals surface area contributed by atoms with Crippen LogP contribution in [0.4, 0.5) is 0 Å². The number of hydrogen-bond acceptors (Lipinski definition) is 5. The molecule has 0 fully saturated rings. The van der Waals surface area contributed by atoms with Gasteiger partial charge in [0.05, 0.1) is 23.3 Å². The molecule has 8 heteroatoms. The molecule has 1 atom stereocenters. The number of rotatable bonds is 4. The summed E-state index contributed by atoms with van der Waals surface area (Å²) < 4.78 is 2.11. The molecule has 3 rings (SSSR count). The van der Waals surface area contributed by atoms with Gasteiger partial charge in [-0.05, 0) is 61.0 Å². The quantitative estimate of drug-likeness (QED) is 0.665. The maximum absolute atomic E-state index is 12.4. The van der Waals surface area contributed by atoms with Crippen LogP contribution in [-0.2, 0) is 0 Å². The molecule has 0 bridgehead atoms. The number of nitrogens with zero attached hydrogens (tertiary/aromatic N) is 4. The van der Waals surface area contributed by atoms with E-state index in [0.29, 0.717) is 21.5 Å². The number of nitrogens with one attached hydrogen (secondary N) is 1. The Balaban J connectivity index is 1.98. The van der Waals surface area contributed by atoms with E-state index >= 15 is 0 Å². The Hall–Kier alpha value is -2.76. The van der Waals surface area contributed by atoms with E-state index in [0.717, 1.165) is 5.56 Å². The van der Waals surface area contributed by atoms with Crippen LogP contribution in [0, 0.1) is 11.3 Å². The van der Waals surface area contributed by atoms with Crippen molar-refractivity contribution in [1.82, 2.24) is 19.9 Å². The minimum atomic E-state index is -1.05. The van der Waals surface area contributed by atoms with Gasteiger partial charge in [-0.15, -0.1) is 0 Å². The summed E-state index contributed by atoms with van der Waals surface area (Å²) in [7, 11) is 0. The van der Waals surface area contributed by atoms with Crippen LogP contribution in [0.3, 0.4) is 0 Å². The molecule has 27 heavy (non-hydrogen) atoms. The highest BCUT2D eigenvalue weighted by atomic mass is 79.9. The molecule has 1 aromatic carbocycles. The van der Waals surface area contributed by atoms with Gasteiger partial charge in [0.2, 0.25) is 0 Å². The number of fused-ring (bicyclic) bond motifs is 1. The van der Waals surface area contributed by atoms with Gasteiger partial charge in [0.1, 0.15) is 16.0 Å². The predicted octanol–water partition coefficient (Wildman–Crippen LogP) is 2.92. The second-order valence-corrected chi connectivity index (χ2v) is 7.53. The van der Waals surface area contributed by atoms with Gasteiger partial charge in [0, 0.05) is 5.56 Å². The number of amides is 1. The van der Waals surface area contributed by atoms with Crippen LogP contribution in [0.15, 0.2) is 41.0 Å². The lowest BCUT2D eigenvalue weighted by molar-refractivity contribution is 0.0407. The molecule has 0 saturated heterocycles. The smallest absolute Gasteiger partial charge is 0.272 e. The number of aromatic nitrogens is 3. The second-order valence-electron chi connectivity index (χ2n) is 6.78. The van der Waals surface area contributed by atoms with E-state index < -0.39 is 11.6 Å². The lowest BCUT2D eigenvalue weighted by Gasteiger charge is -2.26. The van der Waals surface area contributed by atoms with Gasteiger partial charge in [0.15, 0.2) is 5.65 Å². The molecular weight excluding hydrogens is 410 g/mol. The van der Waals surface area contributed by atoms with Gasteiger partial charge >= 0.3 is 0 Å². The van der Waals surface area contributed by atoms with E-state index in [1.807, 2.05) is 6.07 Å². The summed E-state index contributed by atoms with van der Waals surface area (Å²) in [5.41, 5.74) is 1.65. The molecule has 0 spiro atoms. The fourth-order valence-corrected chi connectivity index (χ4v) is 2.97. The first-order chi connectivity index (χ1) is 12.7. The number of carbonyl (C=O) groups is 1. The van der Waals surface area contributed by atoms with Crippen molar-refractivity contribution in [2.75, 3.05) is 0 Å². The van der Waals surface area contributed by atoms with Gasteiger partial charge in [-0.1, -0.05) is 12.1 Å². The van der Waals surface area contributed by atoms with Gasteiger partial charge in [-0.2, -0.15) is 10.4 Å². The van der Waals surface area contributed by atoms with E-state index in [1.54, 1.807) is 51.1 Å². The maximum Gasteiger partial charge on any atom is 0.272 e. The highest BCUT2D eigenvalue weighted by Gasteiger charge is 2.25. The standard InChI is InChI=1S/C19H18BrN5O2/c1-11(19(2,3)27)22-18(26)14-7-8-15-23-16(17(20)25(15)24-14)13-6-4-5-12(9-13)10-21/h4-9,11,27H,1-3H3,(H,22,26). The Labute approximate surface area is 164 Å². The third-order valence-corrected chi connectivity index (χ3v) is 5.04. The summed E-state index contributed by atoms with van der Waals surface area (Å²) >= 11 is 3.48. The average molecular weight is 428 g/mol. The van der Waals surface area contributed by atoms with Gasteiger partial charge < -0.3 is 10.4 Å². The van der Waals surface area contributed by atoms with Crippen molar-refractivity contribution in [3.8, 4) is 17.3 Å². The van der Waals surface area contributed by atoms with Crippen molar-refractivity contribution in [1.29, 1.82) is 5.26 Å². The number of carbonyl (C=O) groups excluding carboxylic acids is 1. The van der Waals surface area contributed by atoms with Crippen molar-refractivity contribution in [3.63, 3.8) is 0 Å². The molecule has 0 aliphatic heterocycles. The first-order valence-electron chi connectivity index (χ1n) is 8.30. The monoisotopic (exact) mass is 427 g/mol. The summed E-state index contributed by atoms with van der Waals surface area (Å²) in [5.74, 6) is -0.389. The zero-order chi connectivity index (χ0) is 19.8. The van der Waals surface area contributed by atoms with Crippen LogP contribution in [0.5, 0.6) is 0 Å². The van der Waals surface area contributed by atoms with E-state index in [-0.39, 0.29) is 11.6 Å². The van der Waals surface area contributed by atoms with Crippen molar-refractivity contribution in [2.45, 2.75) is 32.4 Å². The number of benzene rings is 1. The molecule has 3 aromatic rings. The highest BCUT2D eigenvalue weighted by Crippen LogP contribution is 2.28. The zero-order valence-corrected chi connectivity index (χ0v) is 16.6. The van der Waals surface area contributed by atoms with Crippen LogP contribution < -0.4 is 5.32 Å². The molecule has 138 valence electrons. The Morgan fingerprint density at radius 2 is 2.11 bits per heavy atom. The number of halogens is 1. The number of nitriles is 1. The molecule has 0 aliphatic rings. The van der Waals surface area contributed by atoms with Gasteiger partial charge in [-0.3, -0.25) is 4.79 Å². The third-order valence-electron chi connectivity index (χ3n) is 4.33. The Morgan fingerprint density at radius 1 is 1.37 bits per heavy atom. The first kappa shape index (κ1) is 19.0. The lowest BCUT2D eigenvalue weighted by atomic mass is 10.0. The Bertz CT molecular complexity index is 1060. The molecule has 0 aliphatic carbocycles. The van der Waals surface area contributed by atoms with Gasteiger partial charge in [-0.25, -0.2) is 9.50 Å². The number of imidazole rings is 1. The van der Waals surface area contributed by atoms with Crippen LogP contribution in [-0.4, -0.2) is 37.3 Å². The topological polar surface area (TPSA) is 103 Å². The average Bonchev–Trinajstić information content (AvgIpc) is 2.97. The Morgan fingerprint density at radius 3 is 2.78 bits per heavy atom. The maximum atomic E-state index is 12.4. The minimum absolute atomic E-state index is 0.203. The van der Waals surface area contributed by atoms with Crippen molar-refractivity contribution < 1.29 is 9.90 Å². The molecule has 2 heterocycles. The van der Waals surface area contributed by atoms with Crippen molar-refractivity contribution >= 4 is 27.5 Å². The van der Waals surface area contributed by atoms with Crippen LogP contribution >= 0.6 is 15.9 Å². The summed E-state index contributed by atoms with van der Waals surface area (Å²) in [5, 5.41) is 26.2. The summed E-state index contributed by atoms with van der Waals surface area (Å²) in [6, 6.07) is 12.0. The molecule has 0 saturated carbocycles. The minimum Gasteiger partial charge on any atom is -0.388 e. The Kier molecular flexibility index (Phi) is 5.00. The molecule has 2 aromatic heterocycles. The van der Waals surface area contributed by atoms with Crippen molar-refractivity contribution in [2.24, 2.45) is 0 Å². The lowest BCUT2D eigenvalue weighted by Crippen LogP contribution is -2.47. The largest absolute Gasteiger partial charge is 0.388 e. The summed E-state index contributed by atoms with van der Waals surface area (Å²) in [6.45, 7) is 4.98. The fraction of sp³-hybridized carbons (Fsp3) is 0.263. The molecular formula is C19H18BrN5O2. The molecule has 1 amide bonds. The van der Waals surface area contributed by atoms with E-state index in [9.17, 15) is 9.90 Å². The van der Waals surface area contributed by atoms with Crippen LogP contribution in [0.25, 0.3) is 16.9 Å². The van der Waals surface area contributed by atoms with Crippen molar-refractivity contribution in [3.05, 3.63) is 52.3 Å². The normalized spacial score (nSPS) is 12.6. The summed E-state index contributed by atoms with van der Waals surface area (Å²) in [6.07, 6.45) is 0. The third kappa shape index (κ3) is 3.84. The fourth-order valence-electron chi connectivity index (χ4n) is 2.39. The first-order valence-corrected chi connectivity index (χ1v) is 9.09. The van der Waals surface area contributed by atoms with E-state index in [4.69, 9.17) is 5.26 Å². The number of aliphatic hydroxyl groups is 1. The second kappa shape index (κ2) is 7.10. The van der Waals surface area contributed by atoms with Gasteiger partial charge in [0.25, 0.3) is 5.91 Å². The summed E-state index contributed by atoms with van der Waals surface area (Å²) in [4.78, 5) is 17.0. The van der Waals surface area contributed by atoms with E-state index in [1.165, 1.54) is 4.52 Å². The molecule has 1 unspecified atom stereocenters. The predicted molar refractivity (Wildman–Crippen MR) is 104 cm³/mol.